The lowest BCUT2D eigenvalue weighted by Gasteiger charge is -2.26. The summed E-state index contributed by atoms with van der Waals surface area (Å²) in [7, 11) is 0. The van der Waals surface area contributed by atoms with Crippen molar-refractivity contribution in [2.24, 2.45) is 11.8 Å². The molecule has 1 amide bonds. The van der Waals surface area contributed by atoms with Gasteiger partial charge in [0.05, 0.1) is 12.6 Å². The summed E-state index contributed by atoms with van der Waals surface area (Å²) in [5.74, 6) is 1.45. The van der Waals surface area contributed by atoms with E-state index in [1.54, 1.807) is 0 Å². The van der Waals surface area contributed by atoms with E-state index in [9.17, 15) is 9.90 Å². The molecule has 0 aromatic heterocycles. The minimum absolute atomic E-state index is 0.0956. The Kier molecular flexibility index (Phi) is 3.08. The van der Waals surface area contributed by atoms with Gasteiger partial charge in [0.15, 0.2) is 0 Å². The van der Waals surface area contributed by atoms with Gasteiger partial charge in [0, 0.05) is 13.0 Å². The molecule has 1 saturated heterocycles. The normalized spacial score (nSPS) is 29.2. The maximum atomic E-state index is 12.2. The van der Waals surface area contributed by atoms with Gasteiger partial charge in [-0.3, -0.25) is 4.79 Å². The Balaban J connectivity index is 1.56. The lowest BCUT2D eigenvalue weighted by Crippen LogP contribution is -2.40. The molecule has 0 bridgehead atoms. The molecule has 1 aromatic carbocycles. The Bertz CT molecular complexity index is 431. The second kappa shape index (κ2) is 4.73. The lowest BCUT2D eigenvalue weighted by atomic mass is 10.1. The van der Waals surface area contributed by atoms with Crippen LogP contribution in [0.15, 0.2) is 30.3 Å². The van der Waals surface area contributed by atoms with Gasteiger partial charge in [-0.2, -0.15) is 0 Å². The first-order valence-corrected chi connectivity index (χ1v) is 6.74. The van der Waals surface area contributed by atoms with E-state index in [-0.39, 0.29) is 18.6 Å². The number of hydrogen-bond donors (Lipinski definition) is 1. The second-order valence-electron chi connectivity index (χ2n) is 5.44. The number of likely N-dealkylation sites (tertiary alicyclic amines) is 1. The number of aryl methyl sites for hydroxylation is 1. The van der Waals surface area contributed by atoms with E-state index in [0.29, 0.717) is 18.3 Å². The molecule has 1 saturated carbocycles. The van der Waals surface area contributed by atoms with Crippen molar-refractivity contribution < 1.29 is 9.90 Å². The number of aliphatic hydroxyl groups excluding tert-OH is 1. The van der Waals surface area contributed by atoms with Crippen LogP contribution in [0.4, 0.5) is 0 Å². The molecule has 2 fully saturated rings. The number of fused-ring (bicyclic) bond motifs is 1. The van der Waals surface area contributed by atoms with Crippen LogP contribution in [0.3, 0.4) is 0 Å². The molecule has 0 radical (unpaired) electrons. The van der Waals surface area contributed by atoms with Crippen molar-refractivity contribution in [3.63, 3.8) is 0 Å². The van der Waals surface area contributed by atoms with Crippen molar-refractivity contribution in [3.8, 4) is 0 Å². The molecular weight excluding hydrogens is 226 g/mol. The van der Waals surface area contributed by atoms with E-state index < -0.39 is 0 Å². The third kappa shape index (κ3) is 2.15. The van der Waals surface area contributed by atoms with E-state index in [4.69, 9.17) is 0 Å². The van der Waals surface area contributed by atoms with Crippen LogP contribution in [0.25, 0.3) is 0 Å². The minimum Gasteiger partial charge on any atom is -0.394 e. The molecule has 1 aliphatic carbocycles. The van der Waals surface area contributed by atoms with Crippen molar-refractivity contribution in [2.75, 3.05) is 13.2 Å². The summed E-state index contributed by atoms with van der Waals surface area (Å²) in [6.45, 7) is 0.988. The topological polar surface area (TPSA) is 40.5 Å². The van der Waals surface area contributed by atoms with E-state index in [1.165, 1.54) is 12.0 Å². The summed E-state index contributed by atoms with van der Waals surface area (Å²) in [6, 6.07) is 10.2. The zero-order valence-electron chi connectivity index (χ0n) is 10.5. The van der Waals surface area contributed by atoms with E-state index >= 15 is 0 Å². The number of benzene rings is 1. The highest BCUT2D eigenvalue weighted by atomic mass is 16.3. The Morgan fingerprint density at radius 2 is 2.11 bits per heavy atom. The van der Waals surface area contributed by atoms with Crippen molar-refractivity contribution in [3.05, 3.63) is 35.9 Å². The largest absolute Gasteiger partial charge is 0.394 e. The highest BCUT2D eigenvalue weighted by Gasteiger charge is 2.53. The average molecular weight is 245 g/mol. The van der Waals surface area contributed by atoms with Gasteiger partial charge in [-0.1, -0.05) is 30.3 Å². The molecule has 96 valence electrons. The van der Waals surface area contributed by atoms with Crippen LogP contribution in [-0.2, 0) is 11.2 Å². The summed E-state index contributed by atoms with van der Waals surface area (Å²) >= 11 is 0. The summed E-state index contributed by atoms with van der Waals surface area (Å²) < 4.78 is 0. The SMILES string of the molecule is O=C(CCc1ccccc1)N1CC2CC2C1CO. The van der Waals surface area contributed by atoms with Gasteiger partial charge < -0.3 is 10.0 Å². The fourth-order valence-electron chi connectivity index (χ4n) is 3.13. The molecule has 3 atom stereocenters. The smallest absolute Gasteiger partial charge is 0.223 e. The van der Waals surface area contributed by atoms with Gasteiger partial charge in [0.2, 0.25) is 5.91 Å². The molecule has 3 unspecified atom stereocenters. The van der Waals surface area contributed by atoms with Gasteiger partial charge in [-0.15, -0.1) is 0 Å². The summed E-state index contributed by atoms with van der Waals surface area (Å²) in [4.78, 5) is 14.1. The Hall–Kier alpha value is -1.35. The quantitative estimate of drug-likeness (QED) is 0.872. The lowest BCUT2D eigenvalue weighted by molar-refractivity contribution is -0.133. The monoisotopic (exact) mass is 245 g/mol. The van der Waals surface area contributed by atoms with Gasteiger partial charge in [-0.25, -0.2) is 0 Å². The molecule has 1 aliphatic heterocycles. The number of hydrogen-bond acceptors (Lipinski definition) is 2. The van der Waals surface area contributed by atoms with Gasteiger partial charge >= 0.3 is 0 Å². The number of carbonyl (C=O) groups excluding carboxylic acids is 1. The van der Waals surface area contributed by atoms with Gasteiger partial charge in [0.25, 0.3) is 0 Å². The zero-order chi connectivity index (χ0) is 12.5. The average Bonchev–Trinajstić information content (AvgIpc) is 3.09. The van der Waals surface area contributed by atoms with Crippen LogP contribution in [-0.4, -0.2) is 35.1 Å². The molecule has 3 nitrogen and oxygen atoms in total. The third-order valence-electron chi connectivity index (χ3n) is 4.28. The van der Waals surface area contributed by atoms with Crippen LogP contribution in [0.1, 0.15) is 18.4 Å². The Morgan fingerprint density at radius 3 is 2.83 bits per heavy atom. The number of aliphatic hydroxyl groups is 1. The highest BCUT2D eigenvalue weighted by Crippen LogP contribution is 2.49. The third-order valence-corrected chi connectivity index (χ3v) is 4.28. The second-order valence-corrected chi connectivity index (χ2v) is 5.44. The van der Waals surface area contributed by atoms with E-state index in [0.717, 1.165) is 13.0 Å². The van der Waals surface area contributed by atoms with Gasteiger partial charge in [-0.05, 0) is 30.2 Å². The Labute approximate surface area is 107 Å². The number of nitrogens with zero attached hydrogens (tertiary/aromatic N) is 1. The molecule has 18 heavy (non-hydrogen) atoms. The summed E-state index contributed by atoms with van der Waals surface area (Å²) in [5.41, 5.74) is 1.20. The maximum absolute atomic E-state index is 12.2. The fraction of sp³-hybridized carbons (Fsp3) is 0.533. The predicted octanol–water partition coefficient (Wildman–Crippen LogP) is 1.46. The first-order chi connectivity index (χ1) is 8.79. The molecule has 2 aliphatic rings. The molecule has 1 heterocycles. The first kappa shape index (κ1) is 11.7. The number of carbonyl (C=O) groups is 1. The highest BCUT2D eigenvalue weighted by molar-refractivity contribution is 5.77. The van der Waals surface area contributed by atoms with E-state index in [2.05, 4.69) is 12.1 Å². The molecule has 1 N–H and O–H groups in total. The molecule has 3 heteroatoms. The number of rotatable bonds is 4. The number of amides is 1. The van der Waals surface area contributed by atoms with E-state index in [1.807, 2.05) is 23.1 Å². The minimum atomic E-state index is 0.0956. The Morgan fingerprint density at radius 1 is 1.33 bits per heavy atom. The van der Waals surface area contributed by atoms with Gasteiger partial charge in [0.1, 0.15) is 0 Å². The molecule has 3 rings (SSSR count). The zero-order valence-corrected chi connectivity index (χ0v) is 10.5. The number of piperidine rings is 1. The molecule has 0 spiro atoms. The maximum Gasteiger partial charge on any atom is 0.223 e. The van der Waals surface area contributed by atoms with Crippen LogP contribution < -0.4 is 0 Å². The van der Waals surface area contributed by atoms with Crippen LogP contribution in [0, 0.1) is 11.8 Å². The standard InChI is InChI=1S/C15H19NO2/c17-10-14-13-8-12(13)9-16(14)15(18)7-6-11-4-2-1-3-5-11/h1-5,12-14,17H,6-10H2. The van der Waals surface area contributed by atoms with Crippen molar-refractivity contribution in [1.29, 1.82) is 0 Å². The first-order valence-electron chi connectivity index (χ1n) is 6.74. The van der Waals surface area contributed by atoms with Crippen LogP contribution >= 0.6 is 0 Å². The summed E-state index contributed by atoms with van der Waals surface area (Å²) in [6.07, 6.45) is 2.55. The summed E-state index contributed by atoms with van der Waals surface area (Å²) in [5, 5.41) is 9.37. The van der Waals surface area contributed by atoms with Crippen molar-refractivity contribution in [1.82, 2.24) is 4.90 Å². The van der Waals surface area contributed by atoms with Crippen molar-refractivity contribution in [2.45, 2.75) is 25.3 Å². The van der Waals surface area contributed by atoms with Crippen LogP contribution in [0.5, 0.6) is 0 Å². The van der Waals surface area contributed by atoms with Crippen molar-refractivity contribution >= 4 is 5.91 Å². The fourth-order valence-corrected chi connectivity index (χ4v) is 3.13. The molecular formula is C15H19NO2. The molecule has 1 aromatic rings. The van der Waals surface area contributed by atoms with Crippen LogP contribution in [0.2, 0.25) is 0 Å². The predicted molar refractivity (Wildman–Crippen MR) is 68.9 cm³/mol.